The molecule has 1 fully saturated rings. The van der Waals surface area contributed by atoms with Crippen molar-refractivity contribution in [2.75, 3.05) is 13.1 Å². The Morgan fingerprint density at radius 1 is 1.11 bits per heavy atom. The van der Waals surface area contributed by atoms with E-state index in [1.54, 1.807) is 20.8 Å². The van der Waals surface area contributed by atoms with Gasteiger partial charge >= 0.3 is 18.0 Å². The molecular weight excluding hydrogens is 254 g/mol. The summed E-state index contributed by atoms with van der Waals surface area (Å²) >= 11 is 0. The molecule has 0 bridgehead atoms. The first-order chi connectivity index (χ1) is 8.61. The van der Waals surface area contributed by atoms with Gasteiger partial charge in [-0.2, -0.15) is 0 Å². The van der Waals surface area contributed by atoms with Crippen molar-refractivity contribution in [1.82, 2.24) is 4.90 Å². The Bertz CT molecular complexity index is 386. The lowest BCUT2D eigenvalue weighted by Crippen LogP contribution is -2.49. The lowest BCUT2D eigenvalue weighted by Gasteiger charge is -2.35. The van der Waals surface area contributed by atoms with Crippen LogP contribution in [0, 0.1) is 11.8 Å². The Balaban J connectivity index is 2.74. The Labute approximate surface area is 111 Å². The molecule has 1 saturated heterocycles. The van der Waals surface area contributed by atoms with Gasteiger partial charge in [-0.25, -0.2) is 4.79 Å². The molecule has 1 heterocycles. The summed E-state index contributed by atoms with van der Waals surface area (Å²) in [6.45, 7) is 5.19. The topological polar surface area (TPSA) is 104 Å². The molecule has 108 valence electrons. The third-order valence-corrected chi connectivity index (χ3v) is 2.90. The summed E-state index contributed by atoms with van der Waals surface area (Å²) in [5.74, 6) is -4.41. The van der Waals surface area contributed by atoms with E-state index < -0.39 is 35.5 Å². The largest absolute Gasteiger partial charge is 0.481 e. The molecule has 0 unspecified atom stereocenters. The normalized spacial score (nSPS) is 23.8. The standard InChI is InChI=1S/C12H19NO6/c1-12(2,3)19-11(18)13-5-4-7(9(14)15)8(6-13)10(16)17/h7-8H,4-6H2,1-3H3,(H,14,15)(H,16,17)/t7-,8+/m1/s1. The number of likely N-dealkylation sites (tertiary alicyclic amines) is 1. The lowest BCUT2D eigenvalue weighted by atomic mass is 9.86. The number of nitrogens with zero attached hydrogens (tertiary/aromatic N) is 1. The number of carbonyl (C=O) groups excluding carboxylic acids is 1. The van der Waals surface area contributed by atoms with Crippen LogP contribution in [0.3, 0.4) is 0 Å². The average molecular weight is 273 g/mol. The number of carboxylic acid groups (broad SMARTS) is 2. The van der Waals surface area contributed by atoms with Crippen molar-refractivity contribution in [2.24, 2.45) is 11.8 Å². The second-order valence-corrected chi connectivity index (χ2v) is 5.60. The van der Waals surface area contributed by atoms with Gasteiger partial charge in [0.2, 0.25) is 0 Å². The van der Waals surface area contributed by atoms with E-state index >= 15 is 0 Å². The van der Waals surface area contributed by atoms with E-state index in [0.29, 0.717) is 0 Å². The number of hydrogen-bond acceptors (Lipinski definition) is 4. The summed E-state index contributed by atoms with van der Waals surface area (Å²) in [7, 11) is 0. The molecular formula is C12H19NO6. The van der Waals surface area contributed by atoms with Crippen LogP contribution in [0.1, 0.15) is 27.2 Å². The molecule has 0 saturated carbocycles. The second-order valence-electron chi connectivity index (χ2n) is 5.60. The Morgan fingerprint density at radius 2 is 1.63 bits per heavy atom. The van der Waals surface area contributed by atoms with Crippen molar-refractivity contribution in [3.8, 4) is 0 Å². The van der Waals surface area contributed by atoms with Gasteiger partial charge in [-0.3, -0.25) is 9.59 Å². The van der Waals surface area contributed by atoms with Crippen LogP contribution in [-0.4, -0.2) is 51.8 Å². The summed E-state index contributed by atoms with van der Waals surface area (Å²) in [6.07, 6.45) is -0.492. The monoisotopic (exact) mass is 273 g/mol. The van der Waals surface area contributed by atoms with E-state index in [1.807, 2.05) is 0 Å². The van der Waals surface area contributed by atoms with Gasteiger partial charge in [0.05, 0.1) is 11.8 Å². The van der Waals surface area contributed by atoms with Crippen molar-refractivity contribution in [3.63, 3.8) is 0 Å². The SMILES string of the molecule is CC(C)(C)OC(=O)N1CC[C@@H](C(=O)O)[C@@H](C(=O)O)C1. The van der Waals surface area contributed by atoms with Gasteiger partial charge in [0.15, 0.2) is 0 Å². The fraction of sp³-hybridized carbons (Fsp3) is 0.750. The molecule has 0 aromatic rings. The van der Waals surface area contributed by atoms with E-state index in [9.17, 15) is 14.4 Å². The molecule has 1 aliphatic heterocycles. The van der Waals surface area contributed by atoms with E-state index in [1.165, 1.54) is 4.90 Å². The molecule has 0 radical (unpaired) electrons. The highest BCUT2D eigenvalue weighted by Gasteiger charge is 2.41. The molecule has 1 aliphatic rings. The fourth-order valence-corrected chi connectivity index (χ4v) is 1.99. The molecule has 19 heavy (non-hydrogen) atoms. The predicted molar refractivity (Wildman–Crippen MR) is 64.7 cm³/mol. The third kappa shape index (κ3) is 4.11. The smallest absolute Gasteiger partial charge is 0.410 e. The summed E-state index contributed by atoms with van der Waals surface area (Å²) in [6, 6.07) is 0. The third-order valence-electron chi connectivity index (χ3n) is 2.90. The first kappa shape index (κ1) is 15.3. The first-order valence-electron chi connectivity index (χ1n) is 6.05. The highest BCUT2D eigenvalue weighted by Crippen LogP contribution is 2.25. The van der Waals surface area contributed by atoms with Gasteiger partial charge in [0.25, 0.3) is 0 Å². The van der Waals surface area contributed by atoms with Crippen molar-refractivity contribution in [2.45, 2.75) is 32.8 Å². The molecule has 2 N–H and O–H groups in total. The highest BCUT2D eigenvalue weighted by atomic mass is 16.6. The number of rotatable bonds is 2. The minimum Gasteiger partial charge on any atom is -0.481 e. The zero-order valence-electron chi connectivity index (χ0n) is 11.3. The number of aliphatic carboxylic acids is 2. The molecule has 1 rings (SSSR count). The van der Waals surface area contributed by atoms with Crippen LogP contribution >= 0.6 is 0 Å². The van der Waals surface area contributed by atoms with E-state index in [4.69, 9.17) is 14.9 Å². The highest BCUT2D eigenvalue weighted by molar-refractivity contribution is 5.81. The number of hydrogen-bond donors (Lipinski definition) is 2. The van der Waals surface area contributed by atoms with Crippen LogP contribution in [0.4, 0.5) is 4.79 Å². The minimum atomic E-state index is -1.21. The number of ether oxygens (including phenoxy) is 1. The zero-order chi connectivity index (χ0) is 14.8. The average Bonchev–Trinajstić information content (AvgIpc) is 2.25. The lowest BCUT2D eigenvalue weighted by molar-refractivity contribution is -0.156. The van der Waals surface area contributed by atoms with Crippen LogP contribution < -0.4 is 0 Å². The van der Waals surface area contributed by atoms with Crippen molar-refractivity contribution in [1.29, 1.82) is 0 Å². The van der Waals surface area contributed by atoms with Gasteiger partial charge in [-0.1, -0.05) is 0 Å². The molecule has 1 amide bonds. The molecule has 2 atom stereocenters. The molecule has 0 spiro atoms. The summed E-state index contributed by atoms with van der Waals surface area (Å²) in [5.41, 5.74) is -0.667. The Hall–Kier alpha value is -1.79. The quantitative estimate of drug-likeness (QED) is 0.778. The first-order valence-corrected chi connectivity index (χ1v) is 6.05. The molecule has 0 aromatic heterocycles. The van der Waals surface area contributed by atoms with E-state index in [2.05, 4.69) is 0 Å². The molecule has 7 heteroatoms. The van der Waals surface area contributed by atoms with Crippen LogP contribution in [0.15, 0.2) is 0 Å². The van der Waals surface area contributed by atoms with Crippen LogP contribution in [0.25, 0.3) is 0 Å². The Morgan fingerprint density at radius 3 is 2.05 bits per heavy atom. The maximum absolute atomic E-state index is 11.8. The Kier molecular flexibility index (Phi) is 4.39. The van der Waals surface area contributed by atoms with Crippen molar-refractivity contribution < 1.29 is 29.3 Å². The van der Waals surface area contributed by atoms with Crippen LogP contribution in [0.2, 0.25) is 0 Å². The molecule has 7 nitrogen and oxygen atoms in total. The predicted octanol–water partition coefficient (Wildman–Crippen LogP) is 1.03. The number of carbonyl (C=O) groups is 3. The van der Waals surface area contributed by atoms with Crippen molar-refractivity contribution in [3.05, 3.63) is 0 Å². The number of carboxylic acids is 2. The summed E-state index contributed by atoms with van der Waals surface area (Å²) < 4.78 is 5.15. The number of amides is 1. The molecule has 0 aliphatic carbocycles. The summed E-state index contributed by atoms with van der Waals surface area (Å²) in [5, 5.41) is 18.0. The summed E-state index contributed by atoms with van der Waals surface area (Å²) in [4.78, 5) is 35.1. The second kappa shape index (κ2) is 5.46. The molecule has 0 aromatic carbocycles. The van der Waals surface area contributed by atoms with Gasteiger partial charge in [-0.05, 0) is 27.2 Å². The zero-order valence-corrected chi connectivity index (χ0v) is 11.3. The van der Waals surface area contributed by atoms with Gasteiger partial charge < -0.3 is 19.8 Å². The van der Waals surface area contributed by atoms with E-state index in [0.717, 1.165) is 0 Å². The maximum Gasteiger partial charge on any atom is 0.410 e. The van der Waals surface area contributed by atoms with Crippen LogP contribution in [0.5, 0.6) is 0 Å². The minimum absolute atomic E-state index is 0.117. The van der Waals surface area contributed by atoms with E-state index in [-0.39, 0.29) is 19.5 Å². The fourth-order valence-electron chi connectivity index (χ4n) is 1.99. The van der Waals surface area contributed by atoms with Gasteiger partial charge in [-0.15, -0.1) is 0 Å². The van der Waals surface area contributed by atoms with Gasteiger partial charge in [0, 0.05) is 13.1 Å². The maximum atomic E-state index is 11.8. The van der Waals surface area contributed by atoms with Crippen molar-refractivity contribution >= 4 is 18.0 Å². The van der Waals surface area contributed by atoms with Gasteiger partial charge in [0.1, 0.15) is 5.60 Å². The number of piperidine rings is 1. The van der Waals surface area contributed by atoms with Crippen LogP contribution in [-0.2, 0) is 14.3 Å².